The van der Waals surface area contributed by atoms with Gasteiger partial charge < -0.3 is 5.71 Å². The van der Waals surface area contributed by atoms with Gasteiger partial charge in [0.25, 0.3) is 0 Å². The van der Waals surface area contributed by atoms with Gasteiger partial charge in [0.15, 0.2) is 0 Å². The molecule has 0 radical (unpaired) electrons. The summed E-state index contributed by atoms with van der Waals surface area (Å²) in [4.78, 5) is 0. The van der Waals surface area contributed by atoms with Crippen LogP contribution in [0.2, 0.25) is 0 Å². The molecule has 0 unspecified atom stereocenters. The molecular formula is H6Ca2O9S3. The smallest absolute Gasteiger partial charge is 1.00 e. The molecular weight excluding hydrogens is 320 g/mol. The molecule has 0 aromatic heterocycles. The molecule has 0 fully saturated rings. The monoisotopic (exact) mass is 326 g/mol. The van der Waals surface area contributed by atoms with Crippen molar-refractivity contribution in [2.45, 2.75) is 0 Å². The van der Waals surface area contributed by atoms with E-state index >= 15 is 0 Å². The van der Waals surface area contributed by atoms with Gasteiger partial charge in [0, 0.05) is 0 Å². The van der Waals surface area contributed by atoms with E-state index in [1.165, 1.54) is 0 Å². The van der Waals surface area contributed by atoms with Crippen LogP contribution in [-0.4, -0.2) is 106 Å². The molecule has 9 nitrogen and oxygen atoms in total. The molecule has 2 N–H and O–H groups in total. The van der Waals surface area contributed by atoms with Crippen molar-refractivity contribution in [1.29, 1.82) is 0 Å². The molecule has 0 bridgehead atoms. The third kappa shape index (κ3) is 16.8. The SMILES string of the molecule is O=S(OS(=O)(=O)O)OS(=O)(=O)O.[Ca+2].[Ca+2].[H-].[H-].[H-].[H-]. The molecule has 0 rings (SSSR count). The summed E-state index contributed by atoms with van der Waals surface area (Å²) in [5.41, 5.74) is 0. The molecule has 0 aliphatic rings. The zero-order chi connectivity index (χ0) is 9.99. The molecule has 0 amide bonds. The second-order valence-electron chi connectivity index (χ2n) is 1.20. The average Bonchev–Trinajstić information content (AvgIpc) is 1.49. The number of hydrogen-bond acceptors (Lipinski definition) is 7. The van der Waals surface area contributed by atoms with Crippen LogP contribution in [0.1, 0.15) is 5.71 Å². The first-order valence-corrected chi connectivity index (χ1v) is 5.60. The Bertz CT molecular complexity index is 339. The normalized spacial score (nSPS) is 11.6. The van der Waals surface area contributed by atoms with E-state index in [2.05, 4.69) is 7.26 Å². The molecule has 0 aromatic carbocycles. The summed E-state index contributed by atoms with van der Waals surface area (Å²) < 4.78 is 70.6. The van der Waals surface area contributed by atoms with Gasteiger partial charge in [-0.1, -0.05) is 0 Å². The maximum Gasteiger partial charge on any atom is 2.00 e. The van der Waals surface area contributed by atoms with Crippen molar-refractivity contribution in [3.05, 3.63) is 0 Å². The standard InChI is InChI=1S/2Ca.H2O9S3.4H/c;;1-10(8-11(2,3)4)9-12(5,6)7;;;;/h;;(H,2,3,4)(H,5,6,7);;;;/q2*+2;;4*-1. The predicted octanol–water partition coefficient (Wildman–Crippen LogP) is -2.11. The summed E-state index contributed by atoms with van der Waals surface area (Å²) >= 11 is -3.33. The fraction of sp³-hybridized carbons (Fsp3) is 0. The van der Waals surface area contributed by atoms with E-state index in [0.29, 0.717) is 0 Å². The molecule has 14 heavy (non-hydrogen) atoms. The molecule has 0 heterocycles. The van der Waals surface area contributed by atoms with Gasteiger partial charge >= 0.3 is 108 Å². The van der Waals surface area contributed by atoms with Crippen LogP contribution in [0.5, 0.6) is 0 Å². The largest absolute Gasteiger partial charge is 2.00 e. The van der Waals surface area contributed by atoms with Crippen molar-refractivity contribution in [3.8, 4) is 0 Å². The van der Waals surface area contributed by atoms with E-state index in [0.717, 1.165) is 0 Å². The first-order chi connectivity index (χ1) is 5.10. The van der Waals surface area contributed by atoms with Crippen LogP contribution < -0.4 is 0 Å². The van der Waals surface area contributed by atoms with Crippen LogP contribution in [0.4, 0.5) is 0 Å². The molecule has 0 atom stereocenters. The Morgan fingerprint density at radius 2 is 1.14 bits per heavy atom. The summed E-state index contributed by atoms with van der Waals surface area (Å²) in [6, 6.07) is 0. The fourth-order valence-electron chi connectivity index (χ4n) is 0.152. The number of hydrogen-bond donors (Lipinski definition) is 2. The van der Waals surface area contributed by atoms with Gasteiger partial charge in [0.1, 0.15) is 0 Å². The van der Waals surface area contributed by atoms with Gasteiger partial charge in [-0.2, -0.15) is 21.0 Å². The van der Waals surface area contributed by atoms with Crippen LogP contribution >= 0.6 is 0 Å². The third-order valence-electron chi connectivity index (χ3n) is 0.283. The molecule has 0 aliphatic heterocycles. The Morgan fingerprint density at radius 3 is 1.29 bits per heavy atom. The Hall–Kier alpha value is 2.41. The van der Waals surface area contributed by atoms with E-state index in [1.54, 1.807) is 0 Å². The van der Waals surface area contributed by atoms with Gasteiger partial charge in [-0.25, -0.2) is 0 Å². The van der Waals surface area contributed by atoms with Crippen molar-refractivity contribution in [1.82, 2.24) is 0 Å². The minimum Gasteiger partial charge on any atom is -1.00 e. The third-order valence-corrected chi connectivity index (χ3v) is 2.55. The zero-order valence-corrected chi connectivity index (χ0v) is 13.3. The summed E-state index contributed by atoms with van der Waals surface area (Å²) in [7, 11) is -10.2. The van der Waals surface area contributed by atoms with Gasteiger partial charge in [-0.15, -0.1) is 7.26 Å². The molecule has 82 valence electrons. The molecule has 0 aliphatic carbocycles. The minimum absolute atomic E-state index is 0. The van der Waals surface area contributed by atoms with Gasteiger partial charge in [0.2, 0.25) is 0 Å². The second-order valence-corrected chi connectivity index (χ2v) is 4.40. The topological polar surface area (TPSA) is 144 Å². The van der Waals surface area contributed by atoms with Crippen molar-refractivity contribution >= 4 is 108 Å². The van der Waals surface area contributed by atoms with Crippen molar-refractivity contribution < 1.29 is 43.1 Å². The first-order valence-electron chi connectivity index (χ1n) is 1.87. The molecule has 14 heteroatoms. The van der Waals surface area contributed by atoms with Crippen LogP contribution in [0, 0.1) is 0 Å². The average molecular weight is 326 g/mol. The number of rotatable bonds is 4. The first kappa shape index (κ1) is 21.7. The van der Waals surface area contributed by atoms with Crippen LogP contribution in [0.3, 0.4) is 0 Å². The summed E-state index contributed by atoms with van der Waals surface area (Å²) in [6.45, 7) is 0. The van der Waals surface area contributed by atoms with E-state index < -0.39 is 32.2 Å². The van der Waals surface area contributed by atoms with Crippen LogP contribution in [-0.2, 0) is 39.4 Å². The van der Waals surface area contributed by atoms with Crippen LogP contribution in [0.25, 0.3) is 0 Å². The summed E-state index contributed by atoms with van der Waals surface area (Å²) in [5, 5.41) is 0. The van der Waals surface area contributed by atoms with E-state index in [-0.39, 0.29) is 81.2 Å². The zero-order valence-electron chi connectivity index (χ0n) is 10.4. The fourth-order valence-corrected chi connectivity index (χ4v) is 1.57. The maximum atomic E-state index is 10.1. The van der Waals surface area contributed by atoms with Gasteiger partial charge in [0.05, 0.1) is 0 Å². The molecule has 0 aromatic rings. The predicted molar refractivity (Wildman–Crippen MR) is 49.4 cm³/mol. The molecule has 0 spiro atoms. The summed E-state index contributed by atoms with van der Waals surface area (Å²) in [6.07, 6.45) is 0. The Morgan fingerprint density at radius 1 is 0.929 bits per heavy atom. The summed E-state index contributed by atoms with van der Waals surface area (Å²) in [5.74, 6) is 0. The molecule has 0 saturated carbocycles. The minimum atomic E-state index is -5.10. The van der Waals surface area contributed by atoms with Crippen molar-refractivity contribution in [3.63, 3.8) is 0 Å². The maximum absolute atomic E-state index is 10.1. The Labute approximate surface area is 148 Å². The van der Waals surface area contributed by atoms with E-state index in [4.69, 9.17) is 9.11 Å². The van der Waals surface area contributed by atoms with Crippen molar-refractivity contribution in [2.75, 3.05) is 0 Å². The Kier molecular flexibility index (Phi) is 13.1. The van der Waals surface area contributed by atoms with Gasteiger partial charge in [-0.3, -0.25) is 9.11 Å². The second kappa shape index (κ2) is 8.49. The van der Waals surface area contributed by atoms with E-state index in [1.807, 2.05) is 0 Å². The van der Waals surface area contributed by atoms with Crippen LogP contribution in [0.15, 0.2) is 0 Å². The van der Waals surface area contributed by atoms with Gasteiger partial charge in [-0.05, 0) is 0 Å². The Balaban J connectivity index is -0.0000000403. The quantitative estimate of drug-likeness (QED) is 0.438. The van der Waals surface area contributed by atoms with E-state index in [9.17, 15) is 21.0 Å². The van der Waals surface area contributed by atoms with Crippen molar-refractivity contribution in [2.24, 2.45) is 0 Å². The molecule has 0 saturated heterocycles.